The first-order valence-electron chi connectivity index (χ1n) is 16.4. The number of nitrogens with zero attached hydrogens (tertiary/aromatic N) is 3. The normalized spacial score (nSPS) is 11.7. The molecule has 10 rings (SSSR count). The summed E-state index contributed by atoms with van der Waals surface area (Å²) >= 11 is 0. The molecular formula is C45H27N3O. The van der Waals surface area contributed by atoms with Crippen LogP contribution >= 0.6 is 0 Å². The van der Waals surface area contributed by atoms with E-state index in [4.69, 9.17) is 19.4 Å². The minimum Gasteiger partial charge on any atom is -0.455 e. The van der Waals surface area contributed by atoms with Gasteiger partial charge in [-0.3, -0.25) is 0 Å². The molecule has 0 aliphatic heterocycles. The minimum absolute atomic E-state index is 0.633. The van der Waals surface area contributed by atoms with Gasteiger partial charge in [0.15, 0.2) is 17.5 Å². The molecule has 8 aromatic carbocycles. The number of hydrogen-bond donors (Lipinski definition) is 0. The lowest BCUT2D eigenvalue weighted by molar-refractivity contribution is 0.670. The second-order valence-electron chi connectivity index (χ2n) is 12.4. The van der Waals surface area contributed by atoms with E-state index in [0.717, 1.165) is 65.9 Å². The average molecular weight is 626 g/mol. The van der Waals surface area contributed by atoms with Crippen molar-refractivity contribution in [3.63, 3.8) is 0 Å². The summed E-state index contributed by atoms with van der Waals surface area (Å²) < 4.78 is 6.64. The fraction of sp³-hybridized carbons (Fsp3) is 0. The molecule has 0 fully saturated rings. The molecule has 0 radical (unpaired) electrons. The first-order valence-corrected chi connectivity index (χ1v) is 16.4. The summed E-state index contributed by atoms with van der Waals surface area (Å²) in [6.07, 6.45) is 0. The van der Waals surface area contributed by atoms with E-state index in [0.29, 0.717) is 17.5 Å². The van der Waals surface area contributed by atoms with Gasteiger partial charge >= 0.3 is 0 Å². The maximum absolute atomic E-state index is 6.64. The number of para-hydroxylation sites is 1. The van der Waals surface area contributed by atoms with Crippen molar-refractivity contribution in [2.24, 2.45) is 0 Å². The second-order valence-corrected chi connectivity index (χ2v) is 12.4. The summed E-state index contributed by atoms with van der Waals surface area (Å²) in [5.41, 5.74) is 6.77. The van der Waals surface area contributed by atoms with Crippen molar-refractivity contribution in [2.45, 2.75) is 0 Å². The Morgan fingerprint density at radius 1 is 0.327 bits per heavy atom. The fourth-order valence-corrected chi connectivity index (χ4v) is 7.09. The Morgan fingerprint density at radius 2 is 0.918 bits per heavy atom. The lowest BCUT2D eigenvalue weighted by atomic mass is 9.93. The van der Waals surface area contributed by atoms with Gasteiger partial charge in [-0.2, -0.15) is 0 Å². The van der Waals surface area contributed by atoms with Crippen LogP contribution < -0.4 is 0 Å². The molecule has 10 aromatic rings. The molecule has 0 unspecified atom stereocenters. The largest absolute Gasteiger partial charge is 0.455 e. The number of furan rings is 1. The molecule has 0 spiro atoms. The molecule has 0 aliphatic carbocycles. The molecule has 0 saturated carbocycles. The van der Waals surface area contributed by atoms with E-state index in [1.165, 1.54) is 16.2 Å². The lowest BCUT2D eigenvalue weighted by Gasteiger charge is -2.13. The molecule has 0 bridgehead atoms. The number of rotatable bonds is 4. The third-order valence-electron chi connectivity index (χ3n) is 9.50. The van der Waals surface area contributed by atoms with Crippen molar-refractivity contribution in [1.29, 1.82) is 0 Å². The Kier molecular flexibility index (Phi) is 6.15. The molecule has 228 valence electrons. The highest BCUT2D eigenvalue weighted by Gasteiger charge is 2.19. The van der Waals surface area contributed by atoms with Crippen LogP contribution in [0.15, 0.2) is 168 Å². The number of fused-ring (bicyclic) bond motifs is 6. The van der Waals surface area contributed by atoms with E-state index in [1.54, 1.807) is 0 Å². The molecule has 2 aromatic heterocycles. The Balaban J connectivity index is 1.18. The minimum atomic E-state index is 0.633. The summed E-state index contributed by atoms with van der Waals surface area (Å²) in [4.78, 5) is 15.2. The predicted octanol–water partition coefficient (Wildman–Crippen LogP) is 11.9. The van der Waals surface area contributed by atoms with E-state index >= 15 is 0 Å². The standard InChI is InChI=1S/C45H27N3O/c1-2-12-29(13-3-1)43-46-44(33-22-21-28-11-4-5-14-30(28)25-33)48-45(47-43)39-24-23-36(34-17-8-9-18-35(34)39)37-19-10-20-38-40-26-31-15-6-7-16-32(31)27-41(40)49-42(37)38/h1-27H. The second kappa shape index (κ2) is 11.0. The van der Waals surface area contributed by atoms with Crippen molar-refractivity contribution in [1.82, 2.24) is 15.0 Å². The first-order chi connectivity index (χ1) is 24.3. The summed E-state index contributed by atoms with van der Waals surface area (Å²) in [6.45, 7) is 0. The summed E-state index contributed by atoms with van der Waals surface area (Å²) in [7, 11) is 0. The fourth-order valence-electron chi connectivity index (χ4n) is 7.09. The van der Waals surface area contributed by atoms with Crippen molar-refractivity contribution in [3.05, 3.63) is 164 Å². The number of hydrogen-bond acceptors (Lipinski definition) is 4. The molecular weight excluding hydrogens is 599 g/mol. The predicted molar refractivity (Wildman–Crippen MR) is 201 cm³/mol. The van der Waals surface area contributed by atoms with Crippen LogP contribution in [0.4, 0.5) is 0 Å². The van der Waals surface area contributed by atoms with Crippen LogP contribution in [0.3, 0.4) is 0 Å². The van der Waals surface area contributed by atoms with Crippen LogP contribution in [0.25, 0.3) is 99.5 Å². The molecule has 0 saturated heterocycles. The lowest BCUT2D eigenvalue weighted by Crippen LogP contribution is -2.00. The van der Waals surface area contributed by atoms with Crippen LogP contribution in [0.1, 0.15) is 0 Å². The third kappa shape index (κ3) is 4.57. The van der Waals surface area contributed by atoms with Crippen LogP contribution in [-0.2, 0) is 0 Å². The molecule has 4 heteroatoms. The SMILES string of the molecule is c1ccc(-c2nc(-c3ccc4ccccc4c3)nc(-c3ccc(-c4cccc5c4oc4cc6ccccc6cc45)c4ccccc34)n2)cc1. The average Bonchev–Trinajstić information content (AvgIpc) is 3.54. The summed E-state index contributed by atoms with van der Waals surface area (Å²) in [6, 6.07) is 56.9. The molecule has 4 nitrogen and oxygen atoms in total. The van der Waals surface area contributed by atoms with Gasteiger partial charge in [-0.05, 0) is 62.1 Å². The van der Waals surface area contributed by atoms with Crippen LogP contribution in [0.2, 0.25) is 0 Å². The van der Waals surface area contributed by atoms with Gasteiger partial charge in [-0.25, -0.2) is 15.0 Å². The topological polar surface area (TPSA) is 51.8 Å². The molecule has 0 amide bonds. The van der Waals surface area contributed by atoms with E-state index < -0.39 is 0 Å². The quantitative estimate of drug-likeness (QED) is 0.195. The van der Waals surface area contributed by atoms with Crippen molar-refractivity contribution in [3.8, 4) is 45.3 Å². The van der Waals surface area contributed by atoms with E-state index in [2.05, 4.69) is 133 Å². The van der Waals surface area contributed by atoms with Gasteiger partial charge in [0.2, 0.25) is 0 Å². The Labute approximate surface area is 282 Å². The van der Waals surface area contributed by atoms with Gasteiger partial charge in [0.05, 0.1) is 0 Å². The zero-order chi connectivity index (χ0) is 32.3. The highest BCUT2D eigenvalue weighted by Crippen LogP contribution is 2.41. The highest BCUT2D eigenvalue weighted by molar-refractivity contribution is 6.15. The Hall–Kier alpha value is -6.65. The van der Waals surface area contributed by atoms with Crippen LogP contribution in [-0.4, -0.2) is 15.0 Å². The van der Waals surface area contributed by atoms with Gasteiger partial charge < -0.3 is 4.42 Å². The van der Waals surface area contributed by atoms with Gasteiger partial charge in [0.25, 0.3) is 0 Å². The Bertz CT molecular complexity index is 2890. The smallest absolute Gasteiger partial charge is 0.164 e. The Morgan fingerprint density at radius 3 is 1.71 bits per heavy atom. The highest BCUT2D eigenvalue weighted by atomic mass is 16.3. The van der Waals surface area contributed by atoms with Gasteiger partial charge in [-0.1, -0.05) is 140 Å². The summed E-state index contributed by atoms with van der Waals surface area (Å²) in [5, 5.41) is 9.09. The molecule has 0 N–H and O–H groups in total. The van der Waals surface area contributed by atoms with Crippen LogP contribution in [0, 0.1) is 0 Å². The molecule has 0 aliphatic rings. The van der Waals surface area contributed by atoms with Gasteiger partial charge in [0, 0.05) is 33.0 Å². The van der Waals surface area contributed by atoms with Crippen LogP contribution in [0.5, 0.6) is 0 Å². The zero-order valence-electron chi connectivity index (χ0n) is 26.3. The monoisotopic (exact) mass is 625 g/mol. The number of aromatic nitrogens is 3. The molecule has 49 heavy (non-hydrogen) atoms. The van der Waals surface area contributed by atoms with Gasteiger partial charge in [0.1, 0.15) is 11.2 Å². The first kappa shape index (κ1) is 27.5. The maximum Gasteiger partial charge on any atom is 0.164 e. The number of benzene rings is 8. The van der Waals surface area contributed by atoms with Gasteiger partial charge in [-0.15, -0.1) is 0 Å². The van der Waals surface area contributed by atoms with Crippen molar-refractivity contribution >= 4 is 54.3 Å². The molecule has 2 heterocycles. The van der Waals surface area contributed by atoms with Crippen molar-refractivity contribution < 1.29 is 4.42 Å². The summed E-state index contributed by atoms with van der Waals surface area (Å²) in [5.74, 6) is 1.91. The van der Waals surface area contributed by atoms with E-state index in [-0.39, 0.29) is 0 Å². The van der Waals surface area contributed by atoms with E-state index in [1.807, 2.05) is 30.3 Å². The maximum atomic E-state index is 6.64. The van der Waals surface area contributed by atoms with E-state index in [9.17, 15) is 0 Å². The van der Waals surface area contributed by atoms with Crippen molar-refractivity contribution in [2.75, 3.05) is 0 Å². The molecule has 0 atom stereocenters. The third-order valence-corrected chi connectivity index (χ3v) is 9.50. The zero-order valence-corrected chi connectivity index (χ0v) is 26.3.